The van der Waals surface area contributed by atoms with Crippen LogP contribution in [0.5, 0.6) is 0 Å². The summed E-state index contributed by atoms with van der Waals surface area (Å²) < 4.78 is 0. The van der Waals surface area contributed by atoms with Gasteiger partial charge in [-0.05, 0) is 48.3 Å². The third kappa shape index (κ3) is 5.52. The van der Waals surface area contributed by atoms with E-state index < -0.39 is 0 Å². The van der Waals surface area contributed by atoms with Gasteiger partial charge in [-0.1, -0.05) is 36.4 Å². The smallest absolute Gasteiger partial charge is 0.292 e. The van der Waals surface area contributed by atoms with E-state index in [1.807, 2.05) is 59.7 Å². The van der Waals surface area contributed by atoms with Gasteiger partial charge in [-0.3, -0.25) is 20.2 Å². The van der Waals surface area contributed by atoms with Crippen molar-refractivity contribution in [3.63, 3.8) is 0 Å². The van der Waals surface area contributed by atoms with Crippen LogP contribution in [0.15, 0.2) is 66.0 Å². The molecule has 1 aliphatic heterocycles. The number of carbonyl (C=O) groups excluding carboxylic acids is 1. The predicted octanol–water partition coefficient (Wildman–Crippen LogP) is 4.67. The number of rotatable bonds is 6. The first-order valence-corrected chi connectivity index (χ1v) is 12.2. The number of amides is 1. The van der Waals surface area contributed by atoms with E-state index in [9.17, 15) is 14.9 Å². The molecule has 0 saturated carbocycles. The summed E-state index contributed by atoms with van der Waals surface area (Å²) in [5.74, 6) is -0.193. The van der Waals surface area contributed by atoms with Gasteiger partial charge in [0.25, 0.3) is 11.6 Å². The first-order valence-electron chi connectivity index (χ1n) is 10.9. The Morgan fingerprint density at radius 3 is 2.47 bits per heavy atom. The Labute approximate surface area is 207 Å². The Hall–Kier alpha value is -3.50. The molecule has 0 bridgehead atoms. The zero-order valence-electron chi connectivity index (χ0n) is 18.6. The maximum absolute atomic E-state index is 12.3. The van der Waals surface area contributed by atoms with E-state index in [-0.39, 0.29) is 22.6 Å². The van der Waals surface area contributed by atoms with Crippen LogP contribution in [0.25, 0.3) is 0 Å². The molecule has 0 unspecified atom stereocenters. The monoisotopic (exact) mass is 495 g/mol. The summed E-state index contributed by atoms with van der Waals surface area (Å²) >= 11 is 6.81. The van der Waals surface area contributed by atoms with E-state index in [0.717, 1.165) is 11.3 Å². The van der Waals surface area contributed by atoms with Crippen LogP contribution in [0.4, 0.5) is 17.1 Å². The van der Waals surface area contributed by atoms with Gasteiger partial charge >= 0.3 is 0 Å². The van der Waals surface area contributed by atoms with Crippen LogP contribution in [-0.4, -0.2) is 47.0 Å². The van der Waals surface area contributed by atoms with E-state index >= 15 is 0 Å². The van der Waals surface area contributed by atoms with Crippen LogP contribution in [0, 0.1) is 10.1 Å². The third-order valence-corrected chi connectivity index (χ3v) is 6.97. The zero-order valence-corrected chi connectivity index (χ0v) is 20.3. The number of nitro groups is 1. The molecule has 1 amide bonds. The Morgan fingerprint density at radius 1 is 1.09 bits per heavy atom. The molecule has 8 nitrogen and oxygen atoms in total. The van der Waals surface area contributed by atoms with E-state index in [1.165, 1.54) is 11.3 Å². The quantitative estimate of drug-likeness (QED) is 0.292. The highest BCUT2D eigenvalue weighted by molar-refractivity contribution is 7.80. The van der Waals surface area contributed by atoms with E-state index in [0.29, 0.717) is 41.9 Å². The first kappa shape index (κ1) is 23.7. The molecule has 4 rings (SSSR count). The highest BCUT2D eigenvalue weighted by Crippen LogP contribution is 2.32. The summed E-state index contributed by atoms with van der Waals surface area (Å²) in [5.41, 5.74) is 2.48. The fraction of sp³-hybridized carbons (Fsp3) is 0.250. The number of thiocarbonyl (C=S) groups is 1. The number of hydrogen-bond acceptors (Lipinski definition) is 7. The molecule has 1 saturated heterocycles. The molecule has 1 aromatic heterocycles. The van der Waals surface area contributed by atoms with Gasteiger partial charge in [-0.15, -0.1) is 11.3 Å². The van der Waals surface area contributed by atoms with Gasteiger partial charge in [-0.2, -0.15) is 0 Å². The maximum atomic E-state index is 12.3. The molecular formula is C24H25N5O3S2. The molecule has 34 heavy (non-hydrogen) atoms. The van der Waals surface area contributed by atoms with Crippen LogP contribution in [0.2, 0.25) is 0 Å². The third-order valence-electron chi connectivity index (χ3n) is 5.75. The van der Waals surface area contributed by atoms with E-state index in [4.69, 9.17) is 12.2 Å². The normalized spacial score (nSPS) is 14.4. The number of nitrogens with one attached hydrogen (secondary N) is 2. The van der Waals surface area contributed by atoms with Crippen LogP contribution in [-0.2, 0) is 0 Å². The average molecular weight is 496 g/mol. The van der Waals surface area contributed by atoms with Crippen molar-refractivity contribution in [2.45, 2.75) is 13.0 Å². The van der Waals surface area contributed by atoms with Gasteiger partial charge in [-0.25, -0.2) is 0 Å². The molecule has 2 heterocycles. The summed E-state index contributed by atoms with van der Waals surface area (Å²) in [6.07, 6.45) is 0. The Bertz CT molecular complexity index is 1160. The zero-order chi connectivity index (χ0) is 24.1. The van der Waals surface area contributed by atoms with Crippen molar-refractivity contribution >= 4 is 51.6 Å². The molecule has 1 atom stereocenters. The second-order valence-electron chi connectivity index (χ2n) is 7.95. The summed E-state index contributed by atoms with van der Waals surface area (Å²) in [7, 11) is 0. The van der Waals surface area contributed by atoms with Crippen LogP contribution in [0.3, 0.4) is 0 Å². The SMILES string of the molecule is C[C@H](Nc1cc(N2CCN(C(=S)NC(=O)c3cccs3)CC2)ccc1[N+](=O)[O-])c1ccccc1. The second-order valence-corrected chi connectivity index (χ2v) is 9.28. The molecule has 10 heteroatoms. The van der Waals surface area contributed by atoms with Gasteiger partial charge < -0.3 is 15.1 Å². The molecule has 2 N–H and O–H groups in total. The predicted molar refractivity (Wildman–Crippen MR) is 140 cm³/mol. The minimum Gasteiger partial charge on any atom is -0.373 e. The number of benzene rings is 2. The fourth-order valence-electron chi connectivity index (χ4n) is 3.87. The van der Waals surface area contributed by atoms with Crippen LogP contribution < -0.4 is 15.5 Å². The fourth-order valence-corrected chi connectivity index (χ4v) is 4.76. The number of nitrogens with zero attached hydrogens (tertiary/aromatic N) is 3. The molecule has 1 fully saturated rings. The lowest BCUT2D eigenvalue weighted by molar-refractivity contribution is -0.384. The lowest BCUT2D eigenvalue weighted by atomic mass is 10.1. The van der Waals surface area contributed by atoms with Gasteiger partial charge in [0.15, 0.2) is 5.11 Å². The van der Waals surface area contributed by atoms with Gasteiger partial charge in [0, 0.05) is 44.0 Å². The van der Waals surface area contributed by atoms with Crippen molar-refractivity contribution in [2.75, 3.05) is 36.4 Å². The van der Waals surface area contributed by atoms with Crippen molar-refractivity contribution in [3.05, 3.63) is 86.6 Å². The maximum Gasteiger partial charge on any atom is 0.292 e. The minimum atomic E-state index is -0.365. The molecule has 0 aliphatic carbocycles. The minimum absolute atomic E-state index is 0.0441. The van der Waals surface area contributed by atoms with Crippen LogP contribution >= 0.6 is 23.6 Å². The number of anilines is 2. The van der Waals surface area contributed by atoms with Crippen molar-refractivity contribution < 1.29 is 9.72 Å². The summed E-state index contributed by atoms with van der Waals surface area (Å²) in [6.45, 7) is 4.63. The number of hydrogen-bond donors (Lipinski definition) is 2. The highest BCUT2D eigenvalue weighted by atomic mass is 32.1. The molecule has 2 aromatic carbocycles. The Kier molecular flexibility index (Phi) is 7.39. The van der Waals surface area contributed by atoms with E-state index in [2.05, 4.69) is 15.5 Å². The Morgan fingerprint density at radius 2 is 1.82 bits per heavy atom. The summed E-state index contributed by atoms with van der Waals surface area (Å²) in [4.78, 5) is 28.3. The molecule has 3 aromatic rings. The lowest BCUT2D eigenvalue weighted by Crippen LogP contribution is -2.52. The van der Waals surface area contributed by atoms with Crippen molar-refractivity contribution in [1.29, 1.82) is 0 Å². The molecular weight excluding hydrogens is 470 g/mol. The number of carbonyl (C=O) groups is 1. The number of piperazine rings is 1. The van der Waals surface area contributed by atoms with Gasteiger partial charge in [0.05, 0.1) is 9.80 Å². The topological polar surface area (TPSA) is 90.8 Å². The van der Waals surface area contributed by atoms with Gasteiger partial charge in [0.1, 0.15) is 5.69 Å². The Balaban J connectivity index is 1.41. The van der Waals surface area contributed by atoms with E-state index in [1.54, 1.807) is 18.2 Å². The standard InChI is InChI=1S/C24H25N5O3S2/c1-17(18-6-3-2-4-7-18)25-20-16-19(9-10-21(20)29(31)32)27-11-13-28(14-12-27)24(33)26-23(30)22-8-5-15-34-22/h2-10,15-17,25H,11-14H2,1H3,(H,26,30,33)/t17-/m0/s1. The van der Waals surface area contributed by atoms with Crippen molar-refractivity contribution in [2.24, 2.45) is 0 Å². The molecule has 0 spiro atoms. The molecule has 1 aliphatic rings. The molecule has 0 radical (unpaired) electrons. The molecule has 176 valence electrons. The van der Waals surface area contributed by atoms with Gasteiger partial charge in [0.2, 0.25) is 0 Å². The van der Waals surface area contributed by atoms with Crippen LogP contribution in [0.1, 0.15) is 28.2 Å². The second kappa shape index (κ2) is 10.6. The van der Waals surface area contributed by atoms with Crippen molar-refractivity contribution in [3.8, 4) is 0 Å². The lowest BCUT2D eigenvalue weighted by Gasteiger charge is -2.37. The summed E-state index contributed by atoms with van der Waals surface area (Å²) in [5, 5.41) is 20.0. The first-order chi connectivity index (χ1) is 16.4. The number of thiophene rings is 1. The van der Waals surface area contributed by atoms with Crippen molar-refractivity contribution in [1.82, 2.24) is 10.2 Å². The average Bonchev–Trinajstić information content (AvgIpc) is 3.40. The summed E-state index contributed by atoms with van der Waals surface area (Å²) in [6, 6.07) is 18.5. The number of nitro benzene ring substituents is 1. The highest BCUT2D eigenvalue weighted by Gasteiger charge is 2.23. The largest absolute Gasteiger partial charge is 0.373 e.